The van der Waals surface area contributed by atoms with Gasteiger partial charge in [-0.3, -0.25) is 0 Å². The van der Waals surface area contributed by atoms with E-state index in [-0.39, 0.29) is 0 Å². The van der Waals surface area contributed by atoms with E-state index in [4.69, 9.17) is 16.3 Å². The first-order valence-corrected chi connectivity index (χ1v) is 6.81. The van der Waals surface area contributed by atoms with Crippen molar-refractivity contribution in [2.75, 3.05) is 25.1 Å². The van der Waals surface area contributed by atoms with Crippen molar-refractivity contribution in [2.45, 2.75) is 17.9 Å². The molecule has 1 saturated heterocycles. The van der Waals surface area contributed by atoms with Crippen molar-refractivity contribution in [3.05, 3.63) is 22.8 Å². The minimum absolute atomic E-state index is 0.612. The van der Waals surface area contributed by atoms with Crippen LogP contribution in [-0.2, 0) is 10.5 Å². The fourth-order valence-electron chi connectivity index (χ4n) is 1.37. The molecule has 0 atom stereocenters. The highest BCUT2D eigenvalue weighted by Gasteiger charge is 2.19. The van der Waals surface area contributed by atoms with Gasteiger partial charge in [-0.15, -0.1) is 11.8 Å². The number of aromatic nitrogens is 1. The lowest BCUT2D eigenvalue weighted by Crippen LogP contribution is -2.30. The molecule has 1 fully saturated rings. The SMILES string of the molecule is CCNc1ccc(Cl)c(CSC2COC2)n1. The highest BCUT2D eigenvalue weighted by atomic mass is 35.5. The van der Waals surface area contributed by atoms with Crippen LogP contribution < -0.4 is 5.32 Å². The standard InChI is InChI=1S/C11H15ClN2OS/c1-2-13-11-4-3-9(12)10(14-11)7-16-8-5-15-6-8/h3-4,8H,2,5-7H2,1H3,(H,13,14). The van der Waals surface area contributed by atoms with Crippen LogP contribution in [0.15, 0.2) is 12.1 Å². The molecule has 0 aromatic carbocycles. The van der Waals surface area contributed by atoms with Crippen LogP contribution in [0.1, 0.15) is 12.6 Å². The number of hydrogen-bond acceptors (Lipinski definition) is 4. The number of ether oxygens (including phenoxy) is 1. The van der Waals surface area contributed by atoms with Crippen LogP contribution >= 0.6 is 23.4 Å². The van der Waals surface area contributed by atoms with Gasteiger partial charge in [0.1, 0.15) is 5.82 Å². The molecular weight excluding hydrogens is 244 g/mol. The average molecular weight is 259 g/mol. The first-order valence-electron chi connectivity index (χ1n) is 5.38. The van der Waals surface area contributed by atoms with E-state index in [9.17, 15) is 0 Å². The van der Waals surface area contributed by atoms with Crippen molar-refractivity contribution < 1.29 is 4.74 Å². The molecule has 0 spiro atoms. The Kier molecular flexibility index (Phi) is 4.32. The van der Waals surface area contributed by atoms with Gasteiger partial charge in [-0.2, -0.15) is 0 Å². The summed E-state index contributed by atoms with van der Waals surface area (Å²) in [5.74, 6) is 1.75. The van der Waals surface area contributed by atoms with Crippen LogP contribution in [0.25, 0.3) is 0 Å². The molecule has 5 heteroatoms. The molecule has 0 unspecified atom stereocenters. The lowest BCUT2D eigenvalue weighted by molar-refractivity contribution is 0.0455. The van der Waals surface area contributed by atoms with E-state index in [1.54, 1.807) is 0 Å². The molecule has 0 radical (unpaired) electrons. The number of halogens is 1. The molecule has 0 bridgehead atoms. The van der Waals surface area contributed by atoms with Crippen LogP contribution in [0.3, 0.4) is 0 Å². The summed E-state index contributed by atoms with van der Waals surface area (Å²) < 4.78 is 5.13. The zero-order valence-corrected chi connectivity index (χ0v) is 10.8. The predicted molar refractivity (Wildman–Crippen MR) is 69.3 cm³/mol. The lowest BCUT2D eigenvalue weighted by Gasteiger charge is -2.25. The Hall–Kier alpha value is -0.450. The Morgan fingerprint density at radius 3 is 3.00 bits per heavy atom. The third kappa shape index (κ3) is 3.03. The molecule has 1 aliphatic rings. The Balaban J connectivity index is 1.96. The Labute approximate surface area is 105 Å². The minimum atomic E-state index is 0.612. The predicted octanol–water partition coefficient (Wildman–Crippen LogP) is 2.80. The topological polar surface area (TPSA) is 34.1 Å². The number of thioether (sulfide) groups is 1. The smallest absolute Gasteiger partial charge is 0.126 e. The first-order chi connectivity index (χ1) is 7.79. The van der Waals surface area contributed by atoms with Crippen LogP contribution in [-0.4, -0.2) is 30.0 Å². The van der Waals surface area contributed by atoms with Gasteiger partial charge in [0.25, 0.3) is 0 Å². The molecule has 3 nitrogen and oxygen atoms in total. The summed E-state index contributed by atoms with van der Waals surface area (Å²) in [6.07, 6.45) is 0. The number of nitrogens with zero attached hydrogens (tertiary/aromatic N) is 1. The molecule has 0 amide bonds. The molecule has 16 heavy (non-hydrogen) atoms. The second-order valence-corrected chi connectivity index (χ2v) is 5.32. The number of rotatable bonds is 5. The van der Waals surface area contributed by atoms with E-state index in [1.807, 2.05) is 23.9 Å². The average Bonchev–Trinajstić information content (AvgIpc) is 2.21. The van der Waals surface area contributed by atoms with Gasteiger partial charge in [0, 0.05) is 12.3 Å². The maximum absolute atomic E-state index is 6.11. The van der Waals surface area contributed by atoms with Crippen molar-refractivity contribution in [3.63, 3.8) is 0 Å². The van der Waals surface area contributed by atoms with Gasteiger partial charge in [-0.05, 0) is 19.1 Å². The summed E-state index contributed by atoms with van der Waals surface area (Å²) in [6, 6.07) is 3.81. The summed E-state index contributed by atoms with van der Waals surface area (Å²) in [5, 5.41) is 4.54. The van der Waals surface area contributed by atoms with Crippen molar-refractivity contribution >= 4 is 29.2 Å². The van der Waals surface area contributed by atoms with Gasteiger partial charge in [-0.1, -0.05) is 11.6 Å². The molecule has 88 valence electrons. The van der Waals surface area contributed by atoms with Gasteiger partial charge in [-0.25, -0.2) is 4.98 Å². The van der Waals surface area contributed by atoms with Gasteiger partial charge >= 0.3 is 0 Å². The van der Waals surface area contributed by atoms with Crippen LogP contribution in [0.4, 0.5) is 5.82 Å². The normalized spacial score (nSPS) is 15.9. The third-order valence-corrected chi connectivity index (χ3v) is 3.87. The van der Waals surface area contributed by atoms with Crippen LogP contribution in [0, 0.1) is 0 Å². The zero-order chi connectivity index (χ0) is 11.4. The molecule has 1 N–H and O–H groups in total. The Bertz CT molecular complexity index is 358. The number of pyridine rings is 1. The van der Waals surface area contributed by atoms with Crippen LogP contribution in [0.2, 0.25) is 5.02 Å². The second kappa shape index (κ2) is 5.75. The van der Waals surface area contributed by atoms with E-state index in [0.717, 1.165) is 42.0 Å². The highest BCUT2D eigenvalue weighted by molar-refractivity contribution is 7.99. The number of anilines is 1. The van der Waals surface area contributed by atoms with Crippen molar-refractivity contribution in [3.8, 4) is 0 Å². The molecule has 2 heterocycles. The largest absolute Gasteiger partial charge is 0.379 e. The van der Waals surface area contributed by atoms with E-state index in [2.05, 4.69) is 17.2 Å². The summed E-state index contributed by atoms with van der Waals surface area (Å²) in [4.78, 5) is 4.49. The molecule has 0 saturated carbocycles. The van der Waals surface area contributed by atoms with Crippen molar-refractivity contribution in [1.82, 2.24) is 4.98 Å². The van der Waals surface area contributed by atoms with Gasteiger partial charge < -0.3 is 10.1 Å². The maximum atomic E-state index is 6.11. The summed E-state index contributed by atoms with van der Waals surface area (Å²) >= 11 is 7.96. The van der Waals surface area contributed by atoms with Gasteiger partial charge in [0.15, 0.2) is 0 Å². The third-order valence-electron chi connectivity index (χ3n) is 2.34. The maximum Gasteiger partial charge on any atom is 0.126 e. The van der Waals surface area contributed by atoms with E-state index in [0.29, 0.717) is 5.25 Å². The molecular formula is C11H15ClN2OS. The molecule has 1 aromatic heterocycles. The minimum Gasteiger partial charge on any atom is -0.379 e. The Morgan fingerprint density at radius 1 is 1.56 bits per heavy atom. The molecule has 1 aliphatic heterocycles. The number of hydrogen-bond donors (Lipinski definition) is 1. The molecule has 2 rings (SSSR count). The van der Waals surface area contributed by atoms with Gasteiger partial charge in [0.2, 0.25) is 0 Å². The zero-order valence-electron chi connectivity index (χ0n) is 9.20. The fourth-order valence-corrected chi connectivity index (χ4v) is 2.62. The second-order valence-electron chi connectivity index (χ2n) is 3.63. The first kappa shape index (κ1) is 12.0. The Morgan fingerprint density at radius 2 is 2.38 bits per heavy atom. The van der Waals surface area contributed by atoms with Crippen molar-refractivity contribution in [2.24, 2.45) is 0 Å². The van der Waals surface area contributed by atoms with E-state index >= 15 is 0 Å². The van der Waals surface area contributed by atoms with E-state index < -0.39 is 0 Å². The monoisotopic (exact) mass is 258 g/mol. The van der Waals surface area contributed by atoms with Gasteiger partial charge in [0.05, 0.1) is 29.2 Å². The van der Waals surface area contributed by atoms with Crippen molar-refractivity contribution in [1.29, 1.82) is 0 Å². The fraction of sp³-hybridized carbons (Fsp3) is 0.545. The lowest BCUT2D eigenvalue weighted by atomic mass is 10.3. The summed E-state index contributed by atoms with van der Waals surface area (Å²) in [7, 11) is 0. The van der Waals surface area contributed by atoms with E-state index in [1.165, 1.54) is 0 Å². The summed E-state index contributed by atoms with van der Waals surface area (Å²) in [5.41, 5.74) is 0.956. The van der Waals surface area contributed by atoms with Crippen LogP contribution in [0.5, 0.6) is 0 Å². The molecule has 1 aromatic rings. The summed E-state index contributed by atoms with van der Waals surface area (Å²) in [6.45, 7) is 4.64. The molecule has 0 aliphatic carbocycles. The highest BCUT2D eigenvalue weighted by Crippen LogP contribution is 2.26. The number of nitrogens with one attached hydrogen (secondary N) is 1. The quantitative estimate of drug-likeness (QED) is 0.881.